The van der Waals surface area contributed by atoms with Crippen LogP contribution >= 0.6 is 11.6 Å². The number of halogens is 1. The Bertz CT molecular complexity index is 286. The summed E-state index contributed by atoms with van der Waals surface area (Å²) in [7, 11) is -1.66. The maximum Gasteiger partial charge on any atom is 0.216 e. The van der Waals surface area contributed by atoms with Crippen LogP contribution in [0, 0.1) is 0 Å². The number of nitrogens with zero attached hydrogens (tertiary/aromatic N) is 1. The van der Waals surface area contributed by atoms with Crippen LogP contribution in [0.2, 0.25) is 0 Å². The summed E-state index contributed by atoms with van der Waals surface area (Å²) in [6, 6.07) is 0. The van der Waals surface area contributed by atoms with E-state index in [-0.39, 0.29) is 17.2 Å². The van der Waals surface area contributed by atoms with Crippen LogP contribution in [0.3, 0.4) is 0 Å². The molecule has 90 valence electrons. The van der Waals surface area contributed by atoms with E-state index < -0.39 is 10.0 Å². The molecule has 2 atom stereocenters. The van der Waals surface area contributed by atoms with Gasteiger partial charge < -0.3 is 4.74 Å². The van der Waals surface area contributed by atoms with Gasteiger partial charge in [0.1, 0.15) is 0 Å². The molecular weight excluding hydrogens is 238 g/mol. The molecule has 0 radical (unpaired) electrons. The summed E-state index contributed by atoms with van der Waals surface area (Å²) >= 11 is 5.76. The van der Waals surface area contributed by atoms with E-state index in [2.05, 4.69) is 0 Å². The first-order chi connectivity index (χ1) is 6.92. The molecule has 6 heteroatoms. The molecule has 0 N–H and O–H groups in total. The molecule has 0 aromatic heterocycles. The van der Waals surface area contributed by atoms with E-state index in [9.17, 15) is 8.42 Å². The average molecular weight is 256 g/mol. The van der Waals surface area contributed by atoms with Gasteiger partial charge in [-0.05, 0) is 19.8 Å². The van der Waals surface area contributed by atoms with Crippen LogP contribution in [0.1, 0.15) is 19.8 Å². The standard InChI is InChI=1S/C9H18ClNO3S/c1-8(10)6-11(2)15(12,13)7-9-4-3-5-14-9/h8-9H,3-7H2,1-2H3. The zero-order valence-electron chi connectivity index (χ0n) is 9.15. The predicted molar refractivity (Wildman–Crippen MR) is 60.7 cm³/mol. The Labute approximate surface area is 96.6 Å². The fraction of sp³-hybridized carbons (Fsp3) is 1.00. The third-order valence-electron chi connectivity index (χ3n) is 2.40. The molecule has 15 heavy (non-hydrogen) atoms. The maximum absolute atomic E-state index is 11.8. The van der Waals surface area contributed by atoms with Crippen LogP contribution < -0.4 is 0 Å². The fourth-order valence-electron chi connectivity index (χ4n) is 1.61. The van der Waals surface area contributed by atoms with E-state index >= 15 is 0 Å². The van der Waals surface area contributed by atoms with Crippen molar-refractivity contribution in [1.29, 1.82) is 0 Å². The number of hydrogen-bond acceptors (Lipinski definition) is 3. The van der Waals surface area contributed by atoms with Gasteiger partial charge in [-0.25, -0.2) is 12.7 Å². The summed E-state index contributed by atoms with van der Waals surface area (Å²) in [6.07, 6.45) is 1.65. The molecule has 1 fully saturated rings. The molecule has 0 saturated carbocycles. The van der Waals surface area contributed by atoms with Gasteiger partial charge in [0.05, 0.1) is 11.9 Å². The second-order valence-electron chi connectivity index (χ2n) is 3.97. The van der Waals surface area contributed by atoms with E-state index in [0.717, 1.165) is 12.8 Å². The molecule has 2 unspecified atom stereocenters. The molecule has 0 amide bonds. The first-order valence-electron chi connectivity index (χ1n) is 5.11. The molecule has 1 aliphatic rings. The van der Waals surface area contributed by atoms with E-state index in [1.807, 2.05) is 0 Å². The number of hydrogen-bond donors (Lipinski definition) is 0. The van der Waals surface area contributed by atoms with Gasteiger partial charge in [0.15, 0.2) is 0 Å². The lowest BCUT2D eigenvalue weighted by Gasteiger charge is -2.20. The number of sulfonamides is 1. The quantitative estimate of drug-likeness (QED) is 0.690. The minimum Gasteiger partial charge on any atom is -0.377 e. The van der Waals surface area contributed by atoms with Gasteiger partial charge >= 0.3 is 0 Å². The lowest BCUT2D eigenvalue weighted by molar-refractivity contribution is 0.126. The molecule has 1 heterocycles. The highest BCUT2D eigenvalue weighted by atomic mass is 35.5. The smallest absolute Gasteiger partial charge is 0.216 e. The van der Waals surface area contributed by atoms with Crippen molar-refractivity contribution in [1.82, 2.24) is 4.31 Å². The second-order valence-corrected chi connectivity index (χ2v) is 6.84. The molecular formula is C9H18ClNO3S. The van der Waals surface area contributed by atoms with Crippen molar-refractivity contribution in [2.45, 2.75) is 31.2 Å². The number of alkyl halides is 1. The maximum atomic E-state index is 11.8. The summed E-state index contributed by atoms with van der Waals surface area (Å²) in [5.41, 5.74) is 0. The highest BCUT2D eigenvalue weighted by Gasteiger charge is 2.26. The van der Waals surface area contributed by atoms with Crippen molar-refractivity contribution >= 4 is 21.6 Å². The average Bonchev–Trinajstić information content (AvgIpc) is 2.54. The lowest BCUT2D eigenvalue weighted by Crippen LogP contribution is -2.36. The normalized spacial score (nSPS) is 24.7. The minimum atomic E-state index is -3.21. The Morgan fingerprint density at radius 1 is 1.60 bits per heavy atom. The van der Waals surface area contributed by atoms with Gasteiger partial charge in [-0.1, -0.05) is 0 Å². The van der Waals surface area contributed by atoms with Crippen LogP contribution in [0.5, 0.6) is 0 Å². The van der Waals surface area contributed by atoms with E-state index in [0.29, 0.717) is 13.2 Å². The zero-order chi connectivity index (χ0) is 11.5. The zero-order valence-corrected chi connectivity index (χ0v) is 10.7. The molecule has 1 rings (SSSR count). The highest BCUT2D eigenvalue weighted by Crippen LogP contribution is 2.15. The van der Waals surface area contributed by atoms with Crippen molar-refractivity contribution in [3.63, 3.8) is 0 Å². The fourth-order valence-corrected chi connectivity index (χ4v) is 3.33. The molecule has 0 aromatic carbocycles. The van der Waals surface area contributed by atoms with Crippen LogP contribution in [0.25, 0.3) is 0 Å². The summed E-state index contributed by atoms with van der Waals surface area (Å²) in [6.45, 7) is 2.80. The van der Waals surface area contributed by atoms with E-state index in [1.165, 1.54) is 4.31 Å². The van der Waals surface area contributed by atoms with Crippen molar-refractivity contribution in [3.8, 4) is 0 Å². The van der Waals surface area contributed by atoms with Crippen molar-refractivity contribution < 1.29 is 13.2 Å². The van der Waals surface area contributed by atoms with Crippen LogP contribution in [0.4, 0.5) is 0 Å². The Morgan fingerprint density at radius 2 is 2.27 bits per heavy atom. The lowest BCUT2D eigenvalue weighted by atomic mass is 10.3. The summed E-state index contributed by atoms with van der Waals surface area (Å²) in [4.78, 5) is 0. The monoisotopic (exact) mass is 255 g/mol. The second kappa shape index (κ2) is 5.48. The van der Waals surface area contributed by atoms with Crippen LogP contribution in [-0.4, -0.2) is 50.2 Å². The first-order valence-corrected chi connectivity index (χ1v) is 7.16. The van der Waals surface area contributed by atoms with Crippen LogP contribution in [-0.2, 0) is 14.8 Å². The Hall–Kier alpha value is 0.160. The molecule has 0 bridgehead atoms. The number of ether oxygens (including phenoxy) is 1. The van der Waals surface area contributed by atoms with Crippen molar-refractivity contribution in [2.24, 2.45) is 0 Å². The van der Waals surface area contributed by atoms with Gasteiger partial charge in [-0.3, -0.25) is 0 Å². The van der Waals surface area contributed by atoms with Gasteiger partial charge in [0.25, 0.3) is 0 Å². The molecule has 0 spiro atoms. The van der Waals surface area contributed by atoms with Crippen LogP contribution in [0.15, 0.2) is 0 Å². The Kier molecular flexibility index (Phi) is 4.83. The summed E-state index contributed by atoms with van der Waals surface area (Å²) < 4.78 is 30.2. The van der Waals surface area contributed by atoms with Gasteiger partial charge in [-0.2, -0.15) is 0 Å². The predicted octanol–water partition coefficient (Wildman–Crippen LogP) is 1.05. The number of rotatable bonds is 5. The summed E-state index contributed by atoms with van der Waals surface area (Å²) in [5, 5.41) is -0.172. The van der Waals surface area contributed by atoms with Gasteiger partial charge in [-0.15, -0.1) is 11.6 Å². The van der Waals surface area contributed by atoms with E-state index in [1.54, 1.807) is 14.0 Å². The molecule has 1 saturated heterocycles. The molecule has 0 aromatic rings. The SMILES string of the molecule is CC(Cl)CN(C)S(=O)(=O)CC1CCCO1. The topological polar surface area (TPSA) is 46.6 Å². The summed E-state index contributed by atoms with van der Waals surface area (Å²) in [5.74, 6) is 0.0765. The largest absolute Gasteiger partial charge is 0.377 e. The highest BCUT2D eigenvalue weighted by molar-refractivity contribution is 7.89. The van der Waals surface area contributed by atoms with Crippen molar-refractivity contribution in [3.05, 3.63) is 0 Å². The van der Waals surface area contributed by atoms with E-state index in [4.69, 9.17) is 16.3 Å². The van der Waals surface area contributed by atoms with Crippen molar-refractivity contribution in [2.75, 3.05) is 26.0 Å². The Balaban J connectivity index is 2.49. The Morgan fingerprint density at radius 3 is 2.73 bits per heavy atom. The minimum absolute atomic E-state index is 0.0765. The molecule has 0 aliphatic carbocycles. The molecule has 1 aliphatic heterocycles. The van der Waals surface area contributed by atoms with Gasteiger partial charge in [0, 0.05) is 25.6 Å². The first kappa shape index (κ1) is 13.2. The third kappa shape index (κ3) is 4.26. The van der Waals surface area contributed by atoms with Gasteiger partial charge in [0.2, 0.25) is 10.0 Å². The third-order valence-corrected chi connectivity index (χ3v) is 4.43. The molecule has 4 nitrogen and oxygen atoms in total.